The van der Waals surface area contributed by atoms with Gasteiger partial charge in [0, 0.05) is 30.4 Å². The lowest BCUT2D eigenvalue weighted by Gasteiger charge is -2.30. The summed E-state index contributed by atoms with van der Waals surface area (Å²) in [6, 6.07) is 12.2. The maximum absolute atomic E-state index is 11.7. The number of pyridine rings is 1. The van der Waals surface area contributed by atoms with Crippen LogP contribution in [-0.2, 0) is 22.6 Å². The summed E-state index contributed by atoms with van der Waals surface area (Å²) < 4.78 is 11.2. The van der Waals surface area contributed by atoms with Crippen molar-refractivity contribution in [1.29, 1.82) is 0 Å². The molecule has 1 heterocycles. The smallest absolute Gasteiger partial charge is 0.337 e. The molecular formula is C22H30N2O5. The van der Waals surface area contributed by atoms with Gasteiger partial charge in [-0.25, -0.2) is 4.79 Å². The second-order valence-corrected chi connectivity index (χ2v) is 7.51. The van der Waals surface area contributed by atoms with Crippen LogP contribution in [0.1, 0.15) is 31.5 Å². The Hall–Kier alpha value is -2.48. The van der Waals surface area contributed by atoms with Crippen LogP contribution in [0.3, 0.4) is 0 Å². The van der Waals surface area contributed by atoms with Crippen LogP contribution in [0, 0.1) is 5.92 Å². The molecule has 0 aliphatic rings. The third kappa shape index (κ3) is 7.12. The van der Waals surface area contributed by atoms with Gasteiger partial charge in [-0.2, -0.15) is 0 Å². The molecule has 0 fully saturated rings. The first-order valence-electron chi connectivity index (χ1n) is 9.72. The van der Waals surface area contributed by atoms with Gasteiger partial charge in [-0.15, -0.1) is 0 Å². The SMILES string of the molecule is CC(C)C[C@H](N)[C@](O)(Cc1cc(OCCOCc2ccccc2)ccn1)C(=O)O. The number of carboxylic acid groups (broad SMARTS) is 1. The summed E-state index contributed by atoms with van der Waals surface area (Å²) in [4.78, 5) is 15.9. The van der Waals surface area contributed by atoms with Crippen LogP contribution in [0.4, 0.5) is 0 Å². The predicted molar refractivity (Wildman–Crippen MR) is 110 cm³/mol. The fourth-order valence-corrected chi connectivity index (χ4v) is 2.97. The number of nitrogens with zero attached hydrogens (tertiary/aromatic N) is 1. The Bertz CT molecular complexity index is 769. The minimum Gasteiger partial charge on any atom is -0.491 e. The number of hydrogen-bond donors (Lipinski definition) is 3. The second-order valence-electron chi connectivity index (χ2n) is 7.51. The average molecular weight is 402 g/mol. The van der Waals surface area contributed by atoms with Gasteiger partial charge in [-0.1, -0.05) is 44.2 Å². The number of aliphatic hydroxyl groups is 1. The van der Waals surface area contributed by atoms with E-state index >= 15 is 0 Å². The van der Waals surface area contributed by atoms with Gasteiger partial charge in [-0.05, 0) is 24.0 Å². The van der Waals surface area contributed by atoms with Crippen molar-refractivity contribution < 1.29 is 24.5 Å². The highest BCUT2D eigenvalue weighted by molar-refractivity contribution is 5.78. The highest BCUT2D eigenvalue weighted by Crippen LogP contribution is 2.23. The van der Waals surface area contributed by atoms with Crippen molar-refractivity contribution in [3.8, 4) is 5.75 Å². The zero-order valence-corrected chi connectivity index (χ0v) is 17.0. The van der Waals surface area contributed by atoms with E-state index in [2.05, 4.69) is 4.98 Å². The van der Waals surface area contributed by atoms with Crippen LogP contribution in [0.2, 0.25) is 0 Å². The lowest BCUT2D eigenvalue weighted by Crippen LogP contribution is -2.56. The third-order valence-electron chi connectivity index (χ3n) is 4.56. The van der Waals surface area contributed by atoms with Crippen LogP contribution in [0.5, 0.6) is 5.75 Å². The van der Waals surface area contributed by atoms with E-state index in [9.17, 15) is 15.0 Å². The lowest BCUT2D eigenvalue weighted by molar-refractivity contribution is -0.161. The Morgan fingerprint density at radius 1 is 1.21 bits per heavy atom. The van der Waals surface area contributed by atoms with Gasteiger partial charge in [0.25, 0.3) is 0 Å². The molecule has 0 amide bonds. The third-order valence-corrected chi connectivity index (χ3v) is 4.56. The normalized spacial score (nSPS) is 14.4. The van der Waals surface area contributed by atoms with Crippen molar-refractivity contribution in [2.75, 3.05) is 13.2 Å². The van der Waals surface area contributed by atoms with Crippen molar-refractivity contribution >= 4 is 5.97 Å². The second kappa shape index (κ2) is 10.9. The molecule has 1 aromatic carbocycles. The van der Waals surface area contributed by atoms with Gasteiger partial charge in [0.1, 0.15) is 12.4 Å². The molecule has 0 bridgehead atoms. The number of benzene rings is 1. The molecule has 0 saturated heterocycles. The highest BCUT2D eigenvalue weighted by Gasteiger charge is 2.43. The van der Waals surface area contributed by atoms with E-state index < -0.39 is 17.6 Å². The predicted octanol–water partition coefficient (Wildman–Crippen LogP) is 2.41. The molecular weight excluding hydrogens is 372 g/mol. The molecule has 0 aliphatic carbocycles. The van der Waals surface area contributed by atoms with Gasteiger partial charge in [-0.3, -0.25) is 4.98 Å². The van der Waals surface area contributed by atoms with Gasteiger partial charge in [0.05, 0.1) is 13.2 Å². The number of carbonyl (C=O) groups is 1. The Labute approximate surface area is 171 Å². The number of aromatic nitrogens is 1. The quantitative estimate of drug-likeness (QED) is 0.467. The summed E-state index contributed by atoms with van der Waals surface area (Å²) in [6.07, 6.45) is 1.71. The van der Waals surface area contributed by atoms with E-state index in [0.29, 0.717) is 37.7 Å². The minimum absolute atomic E-state index is 0.161. The fraction of sp³-hybridized carbons (Fsp3) is 0.455. The van der Waals surface area contributed by atoms with Gasteiger partial charge in [0.15, 0.2) is 5.60 Å². The molecule has 7 nitrogen and oxygen atoms in total. The van der Waals surface area contributed by atoms with Crippen molar-refractivity contribution in [2.45, 2.75) is 44.9 Å². The Morgan fingerprint density at radius 3 is 2.59 bits per heavy atom. The largest absolute Gasteiger partial charge is 0.491 e. The maximum Gasteiger partial charge on any atom is 0.337 e. The summed E-state index contributed by atoms with van der Waals surface area (Å²) in [5, 5.41) is 20.2. The number of carboxylic acids is 1. The molecule has 2 rings (SSSR count). The first-order chi connectivity index (χ1) is 13.8. The summed E-state index contributed by atoms with van der Waals surface area (Å²) in [6.45, 7) is 5.10. The molecule has 7 heteroatoms. The van der Waals surface area contributed by atoms with E-state index in [-0.39, 0.29) is 12.3 Å². The Morgan fingerprint density at radius 2 is 1.93 bits per heavy atom. The summed E-state index contributed by atoms with van der Waals surface area (Å²) in [7, 11) is 0. The fourth-order valence-electron chi connectivity index (χ4n) is 2.97. The minimum atomic E-state index is -2.09. The highest BCUT2D eigenvalue weighted by atomic mass is 16.5. The van der Waals surface area contributed by atoms with Crippen LogP contribution in [-0.4, -0.2) is 46.0 Å². The molecule has 0 saturated carbocycles. The van der Waals surface area contributed by atoms with Crippen molar-refractivity contribution in [3.63, 3.8) is 0 Å². The Balaban J connectivity index is 1.89. The van der Waals surface area contributed by atoms with Crippen molar-refractivity contribution in [3.05, 3.63) is 59.9 Å². The molecule has 2 atom stereocenters. The van der Waals surface area contributed by atoms with Crippen LogP contribution in [0.15, 0.2) is 48.7 Å². The first kappa shape index (κ1) is 22.8. The van der Waals surface area contributed by atoms with E-state index in [1.165, 1.54) is 6.20 Å². The molecule has 158 valence electrons. The summed E-state index contributed by atoms with van der Waals surface area (Å²) in [5.74, 6) is -0.661. The molecule has 0 unspecified atom stereocenters. The van der Waals surface area contributed by atoms with Crippen LogP contribution < -0.4 is 10.5 Å². The number of nitrogens with two attached hydrogens (primary N) is 1. The molecule has 0 radical (unpaired) electrons. The molecule has 29 heavy (non-hydrogen) atoms. The van der Waals surface area contributed by atoms with Crippen molar-refractivity contribution in [2.24, 2.45) is 11.7 Å². The number of aliphatic carboxylic acids is 1. The Kier molecular flexibility index (Phi) is 8.57. The average Bonchev–Trinajstić information content (AvgIpc) is 2.68. The van der Waals surface area contributed by atoms with E-state index in [1.54, 1.807) is 12.1 Å². The summed E-state index contributed by atoms with van der Waals surface area (Å²) in [5.41, 5.74) is 5.39. The van der Waals surface area contributed by atoms with Crippen molar-refractivity contribution in [1.82, 2.24) is 4.98 Å². The molecule has 4 N–H and O–H groups in total. The lowest BCUT2D eigenvalue weighted by atomic mass is 9.84. The van der Waals surface area contributed by atoms with Gasteiger partial charge in [0.2, 0.25) is 0 Å². The molecule has 1 aromatic heterocycles. The number of rotatable bonds is 12. The number of hydrogen-bond acceptors (Lipinski definition) is 6. The standard InChI is InChI=1S/C22H30N2O5/c1-16(2)12-20(23)22(27,21(25)26)14-18-13-19(8-9-24-18)29-11-10-28-15-17-6-4-3-5-7-17/h3-9,13,16,20,27H,10-12,14-15,23H2,1-2H3,(H,25,26)/t20-,22+/m0/s1. The molecule has 2 aromatic rings. The summed E-state index contributed by atoms with van der Waals surface area (Å²) >= 11 is 0. The zero-order chi connectivity index (χ0) is 21.3. The molecule has 0 aliphatic heterocycles. The van der Waals surface area contributed by atoms with Gasteiger partial charge >= 0.3 is 5.97 Å². The topological polar surface area (TPSA) is 115 Å². The van der Waals surface area contributed by atoms with Crippen LogP contribution >= 0.6 is 0 Å². The maximum atomic E-state index is 11.7. The first-order valence-corrected chi connectivity index (χ1v) is 9.72. The molecule has 0 spiro atoms. The number of ether oxygens (including phenoxy) is 2. The monoisotopic (exact) mass is 402 g/mol. The van der Waals surface area contributed by atoms with E-state index in [0.717, 1.165) is 5.56 Å². The van der Waals surface area contributed by atoms with Crippen LogP contribution in [0.25, 0.3) is 0 Å². The zero-order valence-electron chi connectivity index (χ0n) is 17.0. The van der Waals surface area contributed by atoms with E-state index in [4.69, 9.17) is 15.2 Å². The van der Waals surface area contributed by atoms with E-state index in [1.807, 2.05) is 44.2 Å². The van der Waals surface area contributed by atoms with Gasteiger partial charge < -0.3 is 25.4 Å².